The smallest absolute Gasteiger partial charge is 0.416 e. The number of anilines is 2. The number of nitriles is 1. The number of carbonyl (C=O) groups is 2. The van der Waals surface area contributed by atoms with Crippen molar-refractivity contribution >= 4 is 23.3 Å². The van der Waals surface area contributed by atoms with E-state index < -0.39 is 41.0 Å². The van der Waals surface area contributed by atoms with Gasteiger partial charge in [-0.1, -0.05) is 6.07 Å². The third-order valence-electron chi connectivity index (χ3n) is 6.35. The summed E-state index contributed by atoms with van der Waals surface area (Å²) in [5.41, 5.74) is 0.111. The van der Waals surface area contributed by atoms with Crippen molar-refractivity contribution in [1.82, 2.24) is 5.01 Å². The standard InChI is InChI=1S/C25H22F3N5O4/c1-16(24(35)36)33(37)15-31(20-5-3-4-18(12-20)25(26,27)28)14-21(23(33)34)22-10-11-30(2)32(22)19-8-6-17(13-29)7-9-19/h3-10,12,14,16H,11,15H2,1-2H3,(H,35,36). The first kappa shape index (κ1) is 25.9. The van der Waals surface area contributed by atoms with E-state index in [2.05, 4.69) is 0 Å². The maximum absolute atomic E-state index is 13.8. The van der Waals surface area contributed by atoms with Crippen LogP contribution in [0.3, 0.4) is 0 Å². The first-order valence-corrected chi connectivity index (χ1v) is 11.1. The molecule has 2 atom stereocenters. The normalized spacial score (nSPS) is 21.4. The van der Waals surface area contributed by atoms with Crippen LogP contribution in [0.1, 0.15) is 18.1 Å². The molecule has 0 aliphatic carbocycles. The van der Waals surface area contributed by atoms with E-state index in [0.29, 0.717) is 17.8 Å². The summed E-state index contributed by atoms with van der Waals surface area (Å²) in [5, 5.41) is 35.9. The van der Waals surface area contributed by atoms with E-state index in [0.717, 1.165) is 19.1 Å². The summed E-state index contributed by atoms with van der Waals surface area (Å²) >= 11 is 0. The van der Waals surface area contributed by atoms with Gasteiger partial charge in [-0.2, -0.15) is 18.4 Å². The number of amides is 1. The van der Waals surface area contributed by atoms with Gasteiger partial charge in [0.25, 0.3) is 0 Å². The largest absolute Gasteiger partial charge is 0.623 e. The second kappa shape index (κ2) is 9.36. The number of benzene rings is 2. The zero-order chi connectivity index (χ0) is 27.1. The van der Waals surface area contributed by atoms with Gasteiger partial charge in [0, 0.05) is 25.5 Å². The molecule has 1 amide bonds. The van der Waals surface area contributed by atoms with Crippen molar-refractivity contribution in [3.8, 4) is 6.07 Å². The van der Waals surface area contributed by atoms with Crippen LogP contribution in [0.25, 0.3) is 0 Å². The van der Waals surface area contributed by atoms with E-state index in [1.54, 1.807) is 47.4 Å². The Kier molecular flexibility index (Phi) is 6.55. The molecule has 2 heterocycles. The highest BCUT2D eigenvalue weighted by Gasteiger charge is 2.47. The van der Waals surface area contributed by atoms with E-state index in [1.165, 1.54) is 23.2 Å². The number of nitrogens with zero attached hydrogens (tertiary/aromatic N) is 5. The minimum atomic E-state index is -4.64. The Bertz CT molecular complexity index is 1350. The maximum Gasteiger partial charge on any atom is 0.416 e. The third kappa shape index (κ3) is 4.67. The van der Waals surface area contributed by atoms with Crippen molar-refractivity contribution in [2.75, 3.05) is 30.2 Å². The summed E-state index contributed by atoms with van der Waals surface area (Å²) < 4.78 is 38.3. The Balaban J connectivity index is 1.84. The van der Waals surface area contributed by atoms with Crippen LogP contribution in [0.15, 0.2) is 72.1 Å². The van der Waals surface area contributed by atoms with Crippen LogP contribution in [-0.4, -0.2) is 52.9 Å². The highest BCUT2D eigenvalue weighted by molar-refractivity contribution is 5.97. The molecule has 0 saturated heterocycles. The summed E-state index contributed by atoms with van der Waals surface area (Å²) in [7, 11) is 1.72. The molecule has 2 aromatic carbocycles. The summed E-state index contributed by atoms with van der Waals surface area (Å²) in [6.07, 6.45) is -1.70. The van der Waals surface area contributed by atoms with Crippen molar-refractivity contribution in [3.63, 3.8) is 0 Å². The van der Waals surface area contributed by atoms with E-state index in [9.17, 15) is 33.1 Å². The van der Waals surface area contributed by atoms with Crippen molar-refractivity contribution < 1.29 is 32.5 Å². The van der Waals surface area contributed by atoms with Crippen LogP contribution in [-0.2, 0) is 15.8 Å². The number of hydrazine groups is 1. The van der Waals surface area contributed by atoms with E-state index in [1.807, 2.05) is 6.07 Å². The van der Waals surface area contributed by atoms with Gasteiger partial charge < -0.3 is 10.3 Å². The Morgan fingerprint density at radius 3 is 2.46 bits per heavy atom. The molecule has 192 valence electrons. The van der Waals surface area contributed by atoms with Gasteiger partial charge in [0.1, 0.15) is 5.57 Å². The van der Waals surface area contributed by atoms with Crippen molar-refractivity contribution in [1.29, 1.82) is 5.26 Å². The van der Waals surface area contributed by atoms with Crippen LogP contribution < -0.4 is 9.91 Å². The average molecular weight is 513 g/mol. The molecule has 37 heavy (non-hydrogen) atoms. The number of alkyl halides is 3. The van der Waals surface area contributed by atoms with Gasteiger partial charge in [-0.25, -0.2) is 14.6 Å². The third-order valence-corrected chi connectivity index (χ3v) is 6.35. The van der Waals surface area contributed by atoms with Crippen LogP contribution in [0.4, 0.5) is 24.5 Å². The van der Waals surface area contributed by atoms with E-state index >= 15 is 0 Å². The molecule has 0 fully saturated rings. The molecule has 0 radical (unpaired) electrons. The lowest BCUT2D eigenvalue weighted by molar-refractivity contribution is -0.818. The number of halogens is 3. The monoisotopic (exact) mass is 513 g/mol. The summed E-state index contributed by atoms with van der Waals surface area (Å²) in [6.45, 7) is 0.696. The van der Waals surface area contributed by atoms with Crippen LogP contribution in [0.2, 0.25) is 0 Å². The molecule has 2 unspecified atom stereocenters. The summed E-state index contributed by atoms with van der Waals surface area (Å²) in [6, 6.07) is 11.0. The van der Waals surface area contributed by atoms with Gasteiger partial charge in [0.15, 0.2) is 12.7 Å². The molecule has 0 bridgehead atoms. The van der Waals surface area contributed by atoms with Crippen molar-refractivity contribution in [2.45, 2.75) is 19.1 Å². The number of hydrogen-bond acceptors (Lipinski definition) is 7. The van der Waals surface area contributed by atoms with Gasteiger partial charge in [-0.3, -0.25) is 14.6 Å². The van der Waals surface area contributed by atoms with E-state index in [4.69, 9.17) is 5.26 Å². The van der Waals surface area contributed by atoms with E-state index in [-0.39, 0.29) is 17.0 Å². The van der Waals surface area contributed by atoms with Gasteiger partial charge in [-0.15, -0.1) is 0 Å². The predicted molar refractivity (Wildman–Crippen MR) is 127 cm³/mol. The topological polar surface area (TPSA) is 111 Å². The lowest BCUT2D eigenvalue weighted by atomic mass is 10.1. The Morgan fingerprint density at radius 1 is 1.19 bits per heavy atom. The number of rotatable bonds is 5. The fraction of sp³-hybridized carbons (Fsp3) is 0.240. The van der Waals surface area contributed by atoms with Gasteiger partial charge in [0.05, 0.1) is 28.6 Å². The molecular formula is C25H22F3N5O4. The number of quaternary nitrogens is 1. The molecular weight excluding hydrogens is 491 g/mol. The Labute approximate surface area is 210 Å². The predicted octanol–water partition coefficient (Wildman–Crippen LogP) is 3.80. The highest BCUT2D eigenvalue weighted by atomic mass is 19.4. The van der Waals surface area contributed by atoms with Gasteiger partial charge >= 0.3 is 18.1 Å². The number of likely N-dealkylation sites (N-methyl/N-ethyl adjacent to an activating group) is 1. The number of carboxylic acid groups (broad SMARTS) is 1. The molecule has 2 aliphatic heterocycles. The second-order valence-electron chi connectivity index (χ2n) is 8.72. The Hall–Kier alpha value is -4.18. The zero-order valence-corrected chi connectivity index (χ0v) is 19.8. The SMILES string of the molecule is CC(C(=O)O)[N+]1([O-])CN(c2cccc(C(F)(F)F)c2)C=C(C2=CCN(C)N2c2ccc(C#N)cc2)C1=O. The van der Waals surface area contributed by atoms with Gasteiger partial charge in [-0.05, 0) is 55.5 Å². The number of aliphatic carboxylic acids is 1. The molecule has 0 saturated carbocycles. The highest BCUT2D eigenvalue weighted by Crippen LogP contribution is 2.38. The molecule has 2 aromatic rings. The maximum atomic E-state index is 13.8. The minimum absolute atomic E-state index is 0.0207. The van der Waals surface area contributed by atoms with Crippen LogP contribution >= 0.6 is 0 Å². The zero-order valence-electron chi connectivity index (χ0n) is 19.8. The second-order valence-corrected chi connectivity index (χ2v) is 8.72. The number of hydroxylamine groups is 3. The molecule has 0 spiro atoms. The van der Waals surface area contributed by atoms with Crippen LogP contribution in [0, 0.1) is 16.5 Å². The summed E-state index contributed by atoms with van der Waals surface area (Å²) in [4.78, 5) is 26.5. The van der Waals surface area contributed by atoms with Gasteiger partial charge in [0.2, 0.25) is 0 Å². The average Bonchev–Trinajstić information content (AvgIpc) is 3.25. The van der Waals surface area contributed by atoms with Crippen LogP contribution in [0.5, 0.6) is 0 Å². The molecule has 2 aliphatic rings. The lowest BCUT2D eigenvalue weighted by Gasteiger charge is -2.48. The molecule has 12 heteroatoms. The first-order chi connectivity index (χ1) is 17.4. The van der Waals surface area contributed by atoms with Crippen molar-refractivity contribution in [2.24, 2.45) is 0 Å². The first-order valence-electron chi connectivity index (χ1n) is 11.1. The summed E-state index contributed by atoms with van der Waals surface area (Å²) in [5.74, 6) is -2.55. The number of carboxylic acids is 1. The lowest BCUT2D eigenvalue weighted by Crippen LogP contribution is -2.63. The fourth-order valence-electron chi connectivity index (χ4n) is 4.22. The molecule has 1 N–H and O–H groups in total. The minimum Gasteiger partial charge on any atom is -0.623 e. The Morgan fingerprint density at radius 2 is 1.86 bits per heavy atom. The fourth-order valence-corrected chi connectivity index (χ4v) is 4.22. The number of hydrogen-bond donors (Lipinski definition) is 1. The molecule has 4 rings (SSSR count). The van der Waals surface area contributed by atoms with Crippen molar-refractivity contribution in [3.05, 3.63) is 88.4 Å². The quantitative estimate of drug-likeness (QED) is 0.475. The molecule has 0 aromatic heterocycles. The number of carbonyl (C=O) groups excluding carboxylic acids is 1. The molecule has 9 nitrogen and oxygen atoms in total.